The van der Waals surface area contributed by atoms with Gasteiger partial charge in [-0.05, 0) is 73.0 Å². The van der Waals surface area contributed by atoms with Gasteiger partial charge in [0.1, 0.15) is 23.2 Å². The number of esters is 1. The highest BCUT2D eigenvalue weighted by atomic mass is 35.5. The third kappa shape index (κ3) is 6.91. The minimum atomic E-state index is -4.48. The molecule has 0 radical (unpaired) electrons. The maximum absolute atomic E-state index is 14.9. The number of benzene rings is 3. The topological polar surface area (TPSA) is 80.8 Å². The molecule has 0 aliphatic heterocycles. The van der Waals surface area contributed by atoms with E-state index >= 15 is 0 Å². The van der Waals surface area contributed by atoms with E-state index in [1.54, 1.807) is 0 Å². The fourth-order valence-corrected chi connectivity index (χ4v) is 6.47. The third-order valence-corrected chi connectivity index (χ3v) is 8.90. The molecule has 3 aromatic carbocycles. The molecule has 0 aliphatic carbocycles. The number of methoxy groups -OCH3 is 1. The molecule has 0 saturated carbocycles. The number of nitrogens with zero attached hydrogens (tertiary/aromatic N) is 1. The van der Waals surface area contributed by atoms with E-state index in [2.05, 4.69) is 4.74 Å². The van der Waals surface area contributed by atoms with Gasteiger partial charge in [0.15, 0.2) is 0 Å². The SMILES string of the molecule is COC(=O)CS(=O)CCc1cc(F)ccc1[C@@H](C)N(c1cc(F)ccc1F)S(=O)(=O)c1ccc(Cl)cc1. The summed E-state index contributed by atoms with van der Waals surface area (Å²) in [6, 6.07) is 10.0. The van der Waals surface area contributed by atoms with Crippen LogP contribution in [0.5, 0.6) is 0 Å². The molecule has 3 aromatic rings. The van der Waals surface area contributed by atoms with Crippen LogP contribution in [-0.2, 0) is 36.8 Å². The van der Waals surface area contributed by atoms with Gasteiger partial charge < -0.3 is 4.74 Å². The first-order valence-corrected chi connectivity index (χ1v) is 14.2. The number of carbonyl (C=O) groups excluding carboxylic acids is 1. The number of ether oxygens (including phenoxy) is 1. The van der Waals surface area contributed by atoms with Crippen molar-refractivity contribution in [1.29, 1.82) is 0 Å². The summed E-state index contributed by atoms with van der Waals surface area (Å²) in [5.41, 5.74) is 0.0171. The minimum absolute atomic E-state index is 0.0154. The van der Waals surface area contributed by atoms with Crippen LogP contribution in [0.15, 0.2) is 65.6 Å². The standard InChI is InChI=1S/C25H23ClF3NO5S2/c1-16(22-9-5-19(27)13-17(22)11-12-36(32)15-25(31)35-2)30(24-14-20(28)6-10-23(24)29)37(33,34)21-7-3-18(26)4-8-21/h3-10,13-14,16H,11-12,15H2,1-2H3/t16-,36?/m1/s1. The van der Waals surface area contributed by atoms with Gasteiger partial charge in [-0.3, -0.25) is 13.3 Å². The third-order valence-electron chi connectivity index (χ3n) is 5.53. The normalized spacial score (nSPS) is 13.1. The van der Waals surface area contributed by atoms with Crippen molar-refractivity contribution in [2.45, 2.75) is 24.3 Å². The highest BCUT2D eigenvalue weighted by Crippen LogP contribution is 2.37. The molecule has 12 heteroatoms. The van der Waals surface area contributed by atoms with Crippen LogP contribution in [0.25, 0.3) is 0 Å². The van der Waals surface area contributed by atoms with Crippen LogP contribution in [0.1, 0.15) is 24.1 Å². The molecule has 2 atom stereocenters. The first-order chi connectivity index (χ1) is 17.4. The van der Waals surface area contributed by atoms with Crippen molar-refractivity contribution in [3.05, 3.63) is 94.3 Å². The van der Waals surface area contributed by atoms with E-state index in [4.69, 9.17) is 11.6 Å². The van der Waals surface area contributed by atoms with Crippen molar-refractivity contribution >= 4 is 44.1 Å². The van der Waals surface area contributed by atoms with Gasteiger partial charge in [-0.15, -0.1) is 0 Å². The lowest BCUT2D eigenvalue weighted by atomic mass is 9.99. The Balaban J connectivity index is 2.10. The molecule has 0 heterocycles. The molecule has 0 aromatic heterocycles. The maximum Gasteiger partial charge on any atom is 0.318 e. The molecule has 0 fully saturated rings. The van der Waals surface area contributed by atoms with E-state index in [1.807, 2.05) is 0 Å². The summed E-state index contributed by atoms with van der Waals surface area (Å²) < 4.78 is 88.3. The summed E-state index contributed by atoms with van der Waals surface area (Å²) in [7, 11) is -4.95. The summed E-state index contributed by atoms with van der Waals surface area (Å²) in [6.07, 6.45) is 0.0154. The van der Waals surface area contributed by atoms with Crippen LogP contribution in [0.3, 0.4) is 0 Å². The number of halogens is 4. The molecule has 1 unspecified atom stereocenters. The van der Waals surface area contributed by atoms with Crippen LogP contribution >= 0.6 is 11.6 Å². The Morgan fingerprint density at radius 3 is 2.30 bits per heavy atom. The lowest BCUT2D eigenvalue weighted by Crippen LogP contribution is -2.35. The van der Waals surface area contributed by atoms with E-state index in [-0.39, 0.29) is 33.4 Å². The van der Waals surface area contributed by atoms with Crippen molar-refractivity contribution in [2.24, 2.45) is 0 Å². The van der Waals surface area contributed by atoms with E-state index in [0.717, 1.165) is 41.7 Å². The molecule has 0 aliphatic rings. The zero-order valence-corrected chi connectivity index (χ0v) is 22.2. The molecule has 3 rings (SSSR count). The summed E-state index contributed by atoms with van der Waals surface area (Å²) in [5, 5.41) is 0.274. The van der Waals surface area contributed by atoms with Gasteiger partial charge in [-0.1, -0.05) is 17.7 Å². The van der Waals surface area contributed by atoms with E-state index in [9.17, 15) is 30.6 Å². The van der Waals surface area contributed by atoms with Gasteiger partial charge in [0.05, 0.1) is 23.7 Å². The highest BCUT2D eigenvalue weighted by Gasteiger charge is 2.33. The highest BCUT2D eigenvalue weighted by molar-refractivity contribution is 7.92. The Kier molecular flexibility index (Phi) is 9.38. The number of hydrogen-bond donors (Lipinski definition) is 0. The smallest absolute Gasteiger partial charge is 0.318 e. The molecule has 0 amide bonds. The van der Waals surface area contributed by atoms with Gasteiger partial charge >= 0.3 is 5.97 Å². The van der Waals surface area contributed by atoms with Crippen molar-refractivity contribution in [2.75, 3.05) is 22.9 Å². The van der Waals surface area contributed by atoms with Crippen LogP contribution in [0.4, 0.5) is 18.9 Å². The lowest BCUT2D eigenvalue weighted by Gasteiger charge is -2.32. The first-order valence-electron chi connectivity index (χ1n) is 10.9. The number of hydrogen-bond acceptors (Lipinski definition) is 5. The van der Waals surface area contributed by atoms with E-state index < -0.39 is 56.0 Å². The molecule has 198 valence electrons. The number of carbonyl (C=O) groups is 1. The summed E-state index contributed by atoms with van der Waals surface area (Å²) in [6.45, 7) is 1.44. The molecular weight excluding hydrogens is 551 g/mol. The summed E-state index contributed by atoms with van der Waals surface area (Å²) in [4.78, 5) is 11.2. The van der Waals surface area contributed by atoms with Gasteiger partial charge in [0.2, 0.25) is 0 Å². The minimum Gasteiger partial charge on any atom is -0.468 e. The average Bonchev–Trinajstić information content (AvgIpc) is 2.85. The average molecular weight is 574 g/mol. The maximum atomic E-state index is 14.9. The molecule has 0 saturated heterocycles. The monoisotopic (exact) mass is 573 g/mol. The molecule has 0 bridgehead atoms. The second-order valence-electron chi connectivity index (χ2n) is 7.98. The first kappa shape index (κ1) is 28.7. The van der Waals surface area contributed by atoms with Crippen LogP contribution in [0.2, 0.25) is 5.02 Å². The van der Waals surface area contributed by atoms with Crippen molar-refractivity contribution < 1.29 is 35.3 Å². The molecule has 0 N–H and O–H groups in total. The van der Waals surface area contributed by atoms with Crippen molar-refractivity contribution in [1.82, 2.24) is 0 Å². The predicted molar refractivity (Wildman–Crippen MR) is 136 cm³/mol. The quantitative estimate of drug-likeness (QED) is 0.312. The number of sulfonamides is 1. The Morgan fingerprint density at radius 1 is 1.03 bits per heavy atom. The molecular formula is C25H23ClF3NO5S2. The largest absolute Gasteiger partial charge is 0.468 e. The Hall–Kier alpha value is -2.89. The van der Waals surface area contributed by atoms with Gasteiger partial charge in [0.25, 0.3) is 10.0 Å². The number of rotatable bonds is 10. The van der Waals surface area contributed by atoms with Crippen molar-refractivity contribution in [3.8, 4) is 0 Å². The second-order valence-corrected chi connectivity index (χ2v) is 11.8. The molecule has 6 nitrogen and oxygen atoms in total. The van der Waals surface area contributed by atoms with Gasteiger partial charge in [-0.2, -0.15) is 0 Å². The van der Waals surface area contributed by atoms with Crippen LogP contribution in [-0.4, -0.2) is 37.2 Å². The van der Waals surface area contributed by atoms with Gasteiger partial charge in [-0.25, -0.2) is 21.6 Å². The van der Waals surface area contributed by atoms with Crippen LogP contribution < -0.4 is 4.31 Å². The summed E-state index contributed by atoms with van der Waals surface area (Å²) in [5.74, 6) is -3.56. The van der Waals surface area contributed by atoms with E-state index in [0.29, 0.717) is 5.56 Å². The Morgan fingerprint density at radius 2 is 1.65 bits per heavy atom. The second kappa shape index (κ2) is 12.1. The zero-order valence-electron chi connectivity index (χ0n) is 19.8. The number of anilines is 1. The fourth-order valence-electron chi connectivity index (χ4n) is 3.73. The number of aryl methyl sites for hydroxylation is 1. The summed E-state index contributed by atoms with van der Waals surface area (Å²) >= 11 is 5.89. The van der Waals surface area contributed by atoms with Crippen molar-refractivity contribution in [3.63, 3.8) is 0 Å². The molecule has 0 spiro atoms. The fraction of sp³-hybridized carbons (Fsp3) is 0.240. The molecule has 37 heavy (non-hydrogen) atoms. The Labute approximate surface area is 220 Å². The van der Waals surface area contributed by atoms with Crippen LogP contribution in [0, 0.1) is 17.5 Å². The van der Waals surface area contributed by atoms with E-state index in [1.165, 1.54) is 37.3 Å². The van der Waals surface area contributed by atoms with Gasteiger partial charge in [0, 0.05) is 27.6 Å². The zero-order chi connectivity index (χ0) is 27.3. The lowest BCUT2D eigenvalue weighted by molar-refractivity contribution is -0.137. The Bertz CT molecular complexity index is 1420. The predicted octanol–water partition coefficient (Wildman–Crippen LogP) is 5.18.